The first-order chi connectivity index (χ1) is 15.9. The highest BCUT2D eigenvalue weighted by Crippen LogP contribution is 2.30. The Morgan fingerprint density at radius 3 is 2.18 bits per heavy atom. The maximum Gasteiger partial charge on any atom is 0.336 e. The summed E-state index contributed by atoms with van der Waals surface area (Å²) in [4.78, 5) is 28.8. The van der Waals surface area contributed by atoms with Gasteiger partial charge >= 0.3 is 11.9 Å². The van der Waals surface area contributed by atoms with Gasteiger partial charge in [0.1, 0.15) is 0 Å². The molecule has 0 radical (unpaired) electrons. The summed E-state index contributed by atoms with van der Waals surface area (Å²) in [6.07, 6.45) is 1.79. The van der Waals surface area contributed by atoms with E-state index in [2.05, 4.69) is 0 Å². The molecule has 2 N–H and O–H groups in total. The van der Waals surface area contributed by atoms with E-state index in [0.29, 0.717) is 34.9 Å². The smallest absolute Gasteiger partial charge is 0.336 e. The molecule has 5 heteroatoms. The van der Waals surface area contributed by atoms with Crippen LogP contribution in [0.15, 0.2) is 66.7 Å². The van der Waals surface area contributed by atoms with Gasteiger partial charge in [-0.05, 0) is 52.8 Å². The van der Waals surface area contributed by atoms with Crippen LogP contribution < -0.4 is 0 Å². The van der Waals surface area contributed by atoms with E-state index in [1.807, 2.05) is 62.4 Å². The van der Waals surface area contributed by atoms with Crippen molar-refractivity contribution in [1.29, 1.82) is 0 Å². The van der Waals surface area contributed by atoms with E-state index in [9.17, 15) is 19.8 Å². The van der Waals surface area contributed by atoms with Crippen molar-refractivity contribution >= 4 is 22.8 Å². The predicted molar refractivity (Wildman–Crippen MR) is 129 cm³/mol. The molecular formula is C28H25NO4. The molecule has 33 heavy (non-hydrogen) atoms. The number of benzene rings is 3. The molecule has 3 aromatic carbocycles. The van der Waals surface area contributed by atoms with Crippen LogP contribution in [0.1, 0.15) is 56.9 Å². The number of nitrogens with zero attached hydrogens (tertiary/aromatic N) is 1. The summed E-state index contributed by atoms with van der Waals surface area (Å²) in [7, 11) is 0. The fourth-order valence-corrected chi connectivity index (χ4v) is 4.42. The van der Waals surface area contributed by atoms with Gasteiger partial charge in [0.25, 0.3) is 0 Å². The van der Waals surface area contributed by atoms with Gasteiger partial charge in [-0.25, -0.2) is 9.59 Å². The molecule has 0 saturated carbocycles. The van der Waals surface area contributed by atoms with Gasteiger partial charge in [0.2, 0.25) is 0 Å². The van der Waals surface area contributed by atoms with Crippen molar-refractivity contribution in [3.05, 3.63) is 100 Å². The van der Waals surface area contributed by atoms with Crippen molar-refractivity contribution in [1.82, 2.24) is 4.98 Å². The van der Waals surface area contributed by atoms with Gasteiger partial charge in [0.05, 0.1) is 16.6 Å². The van der Waals surface area contributed by atoms with Gasteiger partial charge in [0.15, 0.2) is 0 Å². The van der Waals surface area contributed by atoms with Crippen LogP contribution in [-0.2, 0) is 19.3 Å². The molecule has 0 saturated heterocycles. The van der Waals surface area contributed by atoms with E-state index in [1.54, 1.807) is 18.2 Å². The summed E-state index contributed by atoms with van der Waals surface area (Å²) in [5, 5.41) is 20.4. The van der Waals surface area contributed by atoms with Gasteiger partial charge in [-0.1, -0.05) is 68.4 Å². The number of pyridine rings is 1. The molecule has 0 aliphatic rings. The second-order valence-corrected chi connectivity index (χ2v) is 7.96. The first kappa shape index (κ1) is 22.2. The van der Waals surface area contributed by atoms with Crippen LogP contribution >= 0.6 is 0 Å². The normalized spacial score (nSPS) is 11.0. The van der Waals surface area contributed by atoms with Crippen molar-refractivity contribution < 1.29 is 19.8 Å². The highest BCUT2D eigenvalue weighted by Gasteiger charge is 2.21. The van der Waals surface area contributed by atoms with E-state index in [0.717, 1.165) is 34.4 Å². The van der Waals surface area contributed by atoms with Crippen LogP contribution in [0.3, 0.4) is 0 Å². The van der Waals surface area contributed by atoms with Crippen molar-refractivity contribution in [3.8, 4) is 11.1 Å². The molecule has 0 spiro atoms. The maximum absolute atomic E-state index is 12.4. The zero-order valence-corrected chi connectivity index (χ0v) is 18.6. The molecule has 0 fully saturated rings. The Hall–Kier alpha value is -3.99. The Morgan fingerprint density at radius 2 is 1.55 bits per heavy atom. The molecule has 0 amide bonds. The summed E-state index contributed by atoms with van der Waals surface area (Å²) in [6.45, 7) is 4.00. The quantitative estimate of drug-likeness (QED) is 0.368. The molecule has 0 atom stereocenters. The highest BCUT2D eigenvalue weighted by atomic mass is 16.4. The monoisotopic (exact) mass is 439 g/mol. The molecule has 4 rings (SSSR count). The van der Waals surface area contributed by atoms with Gasteiger partial charge in [-0.2, -0.15) is 0 Å². The number of carbonyl (C=O) groups is 2. The minimum absolute atomic E-state index is 0.248. The molecule has 5 nitrogen and oxygen atoms in total. The number of aromatic nitrogens is 1. The van der Waals surface area contributed by atoms with Crippen LogP contribution in [0.4, 0.5) is 0 Å². The first-order valence-corrected chi connectivity index (χ1v) is 11.0. The Kier molecular flexibility index (Phi) is 6.22. The molecule has 4 aromatic rings. The average molecular weight is 440 g/mol. The molecule has 1 aromatic heterocycles. The summed E-state index contributed by atoms with van der Waals surface area (Å²) in [6, 6.07) is 20.3. The zero-order valence-electron chi connectivity index (χ0n) is 18.6. The molecule has 0 unspecified atom stereocenters. The molecule has 0 aliphatic carbocycles. The van der Waals surface area contributed by atoms with Crippen molar-refractivity contribution in [2.75, 3.05) is 0 Å². The maximum atomic E-state index is 12.4. The van der Waals surface area contributed by atoms with Gasteiger partial charge < -0.3 is 10.2 Å². The second-order valence-electron chi connectivity index (χ2n) is 7.96. The van der Waals surface area contributed by atoms with Crippen LogP contribution in [0.5, 0.6) is 0 Å². The van der Waals surface area contributed by atoms with Crippen molar-refractivity contribution in [3.63, 3.8) is 0 Å². The SMILES string of the molecule is CCc1nc2cccc(CC)c2c(C(=O)O)c1Cc1ccc(-c2ccccc2C(=O)O)cc1. The Labute approximate surface area is 192 Å². The number of rotatable bonds is 7. The Bertz CT molecular complexity index is 1360. The molecular weight excluding hydrogens is 414 g/mol. The number of fused-ring (bicyclic) bond motifs is 1. The van der Waals surface area contributed by atoms with Crippen molar-refractivity contribution in [2.24, 2.45) is 0 Å². The lowest BCUT2D eigenvalue weighted by atomic mass is 9.90. The van der Waals surface area contributed by atoms with Crippen LogP contribution in [0.2, 0.25) is 0 Å². The number of carboxylic acid groups (broad SMARTS) is 2. The standard InChI is InChI=1S/C28H25NO4/c1-3-18-8-7-11-24-25(18)26(28(32)33)22(23(4-2)29-24)16-17-12-14-19(15-13-17)20-9-5-6-10-21(20)27(30)31/h5-15H,3-4,16H2,1-2H3,(H,30,31)(H,32,33). The number of carboxylic acids is 2. The zero-order chi connectivity index (χ0) is 23.5. The third-order valence-corrected chi connectivity index (χ3v) is 6.02. The summed E-state index contributed by atoms with van der Waals surface area (Å²) >= 11 is 0. The van der Waals surface area contributed by atoms with E-state index in [1.165, 1.54) is 0 Å². The molecule has 166 valence electrons. The summed E-state index contributed by atoms with van der Waals surface area (Å²) in [5.74, 6) is -1.91. The van der Waals surface area contributed by atoms with Gasteiger partial charge in [0, 0.05) is 17.5 Å². The number of hydrogen-bond acceptors (Lipinski definition) is 3. The summed E-state index contributed by atoms with van der Waals surface area (Å²) < 4.78 is 0. The second kappa shape index (κ2) is 9.25. The highest BCUT2D eigenvalue weighted by molar-refractivity contribution is 6.05. The van der Waals surface area contributed by atoms with Gasteiger partial charge in [-0.3, -0.25) is 4.98 Å². The van der Waals surface area contributed by atoms with Crippen molar-refractivity contribution in [2.45, 2.75) is 33.1 Å². The van der Waals surface area contributed by atoms with E-state index >= 15 is 0 Å². The lowest BCUT2D eigenvalue weighted by molar-refractivity contribution is 0.0687. The number of aromatic carboxylic acids is 2. The molecule has 1 heterocycles. The van der Waals surface area contributed by atoms with E-state index in [-0.39, 0.29) is 5.56 Å². The largest absolute Gasteiger partial charge is 0.478 e. The third kappa shape index (κ3) is 4.22. The van der Waals surface area contributed by atoms with E-state index in [4.69, 9.17) is 4.98 Å². The average Bonchev–Trinajstić information content (AvgIpc) is 2.83. The van der Waals surface area contributed by atoms with E-state index < -0.39 is 11.9 Å². The Balaban J connectivity index is 1.80. The van der Waals surface area contributed by atoms with Crippen LogP contribution in [0, 0.1) is 0 Å². The number of aryl methyl sites for hydroxylation is 2. The van der Waals surface area contributed by atoms with Crippen LogP contribution in [0.25, 0.3) is 22.0 Å². The summed E-state index contributed by atoms with van der Waals surface area (Å²) in [5.41, 5.74) is 6.18. The topological polar surface area (TPSA) is 87.5 Å². The predicted octanol–water partition coefficient (Wildman–Crippen LogP) is 6.01. The molecule has 0 bridgehead atoms. The fourth-order valence-electron chi connectivity index (χ4n) is 4.42. The van der Waals surface area contributed by atoms with Crippen LogP contribution in [-0.4, -0.2) is 27.1 Å². The lowest BCUT2D eigenvalue weighted by Crippen LogP contribution is -2.11. The minimum atomic E-state index is -0.970. The minimum Gasteiger partial charge on any atom is -0.478 e. The molecule has 0 aliphatic heterocycles. The van der Waals surface area contributed by atoms with Gasteiger partial charge in [-0.15, -0.1) is 0 Å². The first-order valence-electron chi connectivity index (χ1n) is 11.0. The fraction of sp³-hybridized carbons (Fsp3) is 0.179. The third-order valence-electron chi connectivity index (χ3n) is 6.02. The lowest BCUT2D eigenvalue weighted by Gasteiger charge is -2.16. The Morgan fingerprint density at radius 1 is 0.818 bits per heavy atom. The number of hydrogen-bond donors (Lipinski definition) is 2.